The summed E-state index contributed by atoms with van der Waals surface area (Å²) < 4.78 is 11.6. The first-order chi connectivity index (χ1) is 7.22. The Balaban J connectivity index is 2.97. The van der Waals surface area contributed by atoms with Crippen molar-refractivity contribution in [2.45, 2.75) is 13.5 Å². The number of nitrogens with one attached hydrogen (secondary N) is 1. The van der Waals surface area contributed by atoms with Crippen LogP contribution in [0.4, 0.5) is 0 Å². The van der Waals surface area contributed by atoms with Gasteiger partial charge in [-0.1, -0.05) is 6.92 Å². The van der Waals surface area contributed by atoms with E-state index in [9.17, 15) is 0 Å². The van der Waals surface area contributed by atoms with E-state index in [0.29, 0.717) is 0 Å². The molecule has 4 heteroatoms. The van der Waals surface area contributed by atoms with Crippen molar-refractivity contribution in [3.63, 3.8) is 0 Å². The van der Waals surface area contributed by atoms with Crippen LogP contribution < -0.4 is 14.8 Å². The number of hydrogen-bond donors (Lipinski definition) is 1. The minimum absolute atomic E-state index is 0.789. The third-order valence-corrected chi connectivity index (χ3v) is 2.87. The van der Waals surface area contributed by atoms with Crippen LogP contribution in [0, 0.1) is 3.57 Å². The van der Waals surface area contributed by atoms with Crippen molar-refractivity contribution in [3.8, 4) is 11.5 Å². The van der Waals surface area contributed by atoms with Gasteiger partial charge in [-0.05, 0) is 46.8 Å². The van der Waals surface area contributed by atoms with E-state index in [-0.39, 0.29) is 0 Å². The van der Waals surface area contributed by atoms with E-state index in [1.807, 2.05) is 6.07 Å². The molecule has 0 amide bonds. The van der Waals surface area contributed by atoms with Crippen LogP contribution in [0.2, 0.25) is 0 Å². The normalized spacial score (nSPS) is 10.1. The zero-order valence-electron chi connectivity index (χ0n) is 9.26. The predicted octanol–water partition coefficient (Wildman–Crippen LogP) is 2.42. The fourth-order valence-electron chi connectivity index (χ4n) is 1.34. The third-order valence-electron chi connectivity index (χ3n) is 2.07. The van der Waals surface area contributed by atoms with E-state index in [0.717, 1.165) is 28.2 Å². The Labute approximate surface area is 104 Å². The molecule has 0 unspecified atom stereocenters. The molecule has 0 spiro atoms. The minimum Gasteiger partial charge on any atom is -0.493 e. The van der Waals surface area contributed by atoms with Crippen molar-refractivity contribution in [3.05, 3.63) is 21.3 Å². The lowest BCUT2D eigenvalue weighted by Gasteiger charge is -2.12. The zero-order chi connectivity index (χ0) is 11.3. The van der Waals surface area contributed by atoms with Crippen molar-refractivity contribution < 1.29 is 9.47 Å². The van der Waals surface area contributed by atoms with Gasteiger partial charge in [0.15, 0.2) is 11.5 Å². The van der Waals surface area contributed by atoms with Gasteiger partial charge in [-0.2, -0.15) is 0 Å². The topological polar surface area (TPSA) is 30.5 Å². The van der Waals surface area contributed by atoms with Gasteiger partial charge in [0.1, 0.15) is 0 Å². The first kappa shape index (κ1) is 12.6. The zero-order valence-corrected chi connectivity index (χ0v) is 11.4. The number of hydrogen-bond acceptors (Lipinski definition) is 3. The van der Waals surface area contributed by atoms with Gasteiger partial charge in [0.2, 0.25) is 0 Å². The van der Waals surface area contributed by atoms with Gasteiger partial charge in [0, 0.05) is 6.54 Å². The molecule has 84 valence electrons. The third kappa shape index (κ3) is 3.24. The fraction of sp³-hybridized carbons (Fsp3) is 0.455. The molecule has 15 heavy (non-hydrogen) atoms. The van der Waals surface area contributed by atoms with E-state index in [1.54, 1.807) is 14.2 Å². The van der Waals surface area contributed by atoms with E-state index in [1.165, 1.54) is 5.56 Å². The maximum absolute atomic E-state index is 5.28. The SMILES string of the molecule is CCNCc1cc(I)c(OC)c(OC)c1. The van der Waals surface area contributed by atoms with Gasteiger partial charge in [-0.15, -0.1) is 0 Å². The number of ether oxygens (including phenoxy) is 2. The molecule has 0 heterocycles. The summed E-state index contributed by atoms with van der Waals surface area (Å²) in [6, 6.07) is 4.11. The average Bonchev–Trinajstić information content (AvgIpc) is 2.25. The number of rotatable bonds is 5. The molecule has 1 N–H and O–H groups in total. The van der Waals surface area contributed by atoms with Crippen molar-refractivity contribution >= 4 is 22.6 Å². The van der Waals surface area contributed by atoms with Crippen molar-refractivity contribution in [2.75, 3.05) is 20.8 Å². The molecule has 0 aliphatic heterocycles. The summed E-state index contributed by atoms with van der Waals surface area (Å²) in [5.74, 6) is 1.59. The van der Waals surface area contributed by atoms with Gasteiger partial charge in [-0.25, -0.2) is 0 Å². The van der Waals surface area contributed by atoms with E-state index < -0.39 is 0 Å². The monoisotopic (exact) mass is 321 g/mol. The molecular formula is C11H16INO2. The largest absolute Gasteiger partial charge is 0.493 e. The summed E-state index contributed by atoms with van der Waals surface area (Å²) in [6.07, 6.45) is 0. The molecule has 0 atom stereocenters. The highest BCUT2D eigenvalue weighted by molar-refractivity contribution is 14.1. The fourth-order valence-corrected chi connectivity index (χ4v) is 2.23. The molecular weight excluding hydrogens is 305 g/mol. The standard InChI is InChI=1S/C11H16INO2/c1-4-13-7-8-5-9(12)11(15-3)10(6-8)14-2/h5-6,13H,4,7H2,1-3H3. The maximum Gasteiger partial charge on any atom is 0.174 e. The van der Waals surface area contributed by atoms with Crippen molar-refractivity contribution in [1.82, 2.24) is 5.32 Å². The molecule has 0 radical (unpaired) electrons. The minimum atomic E-state index is 0.789. The Hall–Kier alpha value is -0.490. The van der Waals surface area contributed by atoms with Gasteiger partial charge in [0.05, 0.1) is 17.8 Å². The quantitative estimate of drug-likeness (QED) is 0.845. The molecule has 0 aliphatic carbocycles. The Kier molecular flexibility index (Phi) is 5.17. The van der Waals surface area contributed by atoms with Crippen LogP contribution in [0.5, 0.6) is 11.5 Å². The van der Waals surface area contributed by atoms with E-state index in [2.05, 4.69) is 40.9 Å². The molecule has 0 aromatic heterocycles. The Morgan fingerprint density at radius 3 is 2.53 bits per heavy atom. The van der Waals surface area contributed by atoms with Gasteiger partial charge >= 0.3 is 0 Å². The van der Waals surface area contributed by atoms with Crippen LogP contribution in [0.1, 0.15) is 12.5 Å². The van der Waals surface area contributed by atoms with Crippen LogP contribution in [-0.2, 0) is 6.54 Å². The molecule has 0 aliphatic rings. The molecule has 0 saturated heterocycles. The van der Waals surface area contributed by atoms with Crippen LogP contribution in [0.15, 0.2) is 12.1 Å². The molecule has 3 nitrogen and oxygen atoms in total. The van der Waals surface area contributed by atoms with E-state index in [4.69, 9.17) is 9.47 Å². The number of benzene rings is 1. The molecule has 1 aromatic rings. The highest BCUT2D eigenvalue weighted by atomic mass is 127. The van der Waals surface area contributed by atoms with Gasteiger partial charge < -0.3 is 14.8 Å². The van der Waals surface area contributed by atoms with Crippen molar-refractivity contribution in [2.24, 2.45) is 0 Å². The van der Waals surface area contributed by atoms with Crippen LogP contribution >= 0.6 is 22.6 Å². The Morgan fingerprint density at radius 2 is 2.00 bits per heavy atom. The second-order valence-electron chi connectivity index (χ2n) is 3.09. The highest BCUT2D eigenvalue weighted by Gasteiger charge is 2.09. The Morgan fingerprint density at radius 1 is 1.27 bits per heavy atom. The maximum atomic E-state index is 5.28. The lowest BCUT2D eigenvalue weighted by Crippen LogP contribution is -2.12. The summed E-state index contributed by atoms with van der Waals surface area (Å²) >= 11 is 2.25. The summed E-state index contributed by atoms with van der Waals surface area (Å²) in [5.41, 5.74) is 1.21. The molecule has 0 fully saturated rings. The van der Waals surface area contributed by atoms with Crippen LogP contribution in [-0.4, -0.2) is 20.8 Å². The molecule has 1 rings (SSSR count). The summed E-state index contributed by atoms with van der Waals surface area (Å²) in [7, 11) is 3.31. The second kappa shape index (κ2) is 6.17. The molecule has 1 aromatic carbocycles. The predicted molar refractivity (Wildman–Crippen MR) is 69.6 cm³/mol. The first-order valence-electron chi connectivity index (χ1n) is 4.84. The molecule has 0 saturated carbocycles. The van der Waals surface area contributed by atoms with Gasteiger partial charge in [0.25, 0.3) is 0 Å². The molecule has 0 bridgehead atoms. The number of methoxy groups -OCH3 is 2. The smallest absolute Gasteiger partial charge is 0.174 e. The van der Waals surface area contributed by atoms with Crippen molar-refractivity contribution in [1.29, 1.82) is 0 Å². The van der Waals surface area contributed by atoms with Gasteiger partial charge in [-0.3, -0.25) is 0 Å². The van der Waals surface area contributed by atoms with Crippen LogP contribution in [0.3, 0.4) is 0 Å². The lowest BCUT2D eigenvalue weighted by atomic mass is 10.2. The second-order valence-corrected chi connectivity index (χ2v) is 4.26. The highest BCUT2D eigenvalue weighted by Crippen LogP contribution is 2.33. The average molecular weight is 321 g/mol. The van der Waals surface area contributed by atoms with Crippen LogP contribution in [0.25, 0.3) is 0 Å². The van der Waals surface area contributed by atoms with E-state index >= 15 is 0 Å². The lowest BCUT2D eigenvalue weighted by molar-refractivity contribution is 0.352. The summed E-state index contributed by atoms with van der Waals surface area (Å²) in [6.45, 7) is 3.91. The first-order valence-corrected chi connectivity index (χ1v) is 5.91. The summed E-state index contributed by atoms with van der Waals surface area (Å²) in [5, 5.41) is 3.28. The Bertz CT molecular complexity index is 329. The number of halogens is 1. The summed E-state index contributed by atoms with van der Waals surface area (Å²) in [4.78, 5) is 0.